The van der Waals surface area contributed by atoms with E-state index in [1.165, 1.54) is 0 Å². The first kappa shape index (κ1) is 8.87. The highest BCUT2D eigenvalue weighted by Gasteiger charge is 2.21. The van der Waals surface area contributed by atoms with Crippen LogP contribution in [0.2, 0.25) is 0 Å². The lowest BCUT2D eigenvalue weighted by Gasteiger charge is -2.25. The van der Waals surface area contributed by atoms with Crippen LogP contribution in [0.25, 0.3) is 0 Å². The van der Waals surface area contributed by atoms with E-state index in [2.05, 4.69) is 0 Å². The van der Waals surface area contributed by atoms with Crippen molar-refractivity contribution < 1.29 is 14.6 Å². The molecule has 1 aliphatic heterocycles. The Kier molecular flexibility index (Phi) is 3.20. The largest absolute Gasteiger partial charge is 0.481 e. The Hall–Kier alpha value is -0.220. The molecule has 0 saturated carbocycles. The van der Waals surface area contributed by atoms with Crippen molar-refractivity contribution in [3.63, 3.8) is 0 Å². The molecule has 0 amide bonds. The topological polar surface area (TPSA) is 46.5 Å². The third-order valence-corrected chi connectivity index (χ3v) is 3.05. The van der Waals surface area contributed by atoms with Gasteiger partial charge in [0.1, 0.15) is 0 Å². The monoisotopic (exact) mass is 176 g/mol. The second-order valence-corrected chi connectivity index (χ2v) is 4.07. The Labute approximate surface area is 70.1 Å². The number of hydrogen-bond acceptors (Lipinski definition) is 3. The van der Waals surface area contributed by atoms with E-state index in [0.29, 0.717) is 11.0 Å². The zero-order chi connectivity index (χ0) is 8.27. The van der Waals surface area contributed by atoms with Crippen molar-refractivity contribution in [2.45, 2.75) is 12.2 Å². The fourth-order valence-corrected chi connectivity index (χ4v) is 1.75. The van der Waals surface area contributed by atoms with Gasteiger partial charge in [-0.05, 0) is 0 Å². The van der Waals surface area contributed by atoms with Crippen molar-refractivity contribution in [1.82, 2.24) is 0 Å². The molecule has 11 heavy (non-hydrogen) atoms. The summed E-state index contributed by atoms with van der Waals surface area (Å²) in [5, 5.41) is 9.08. The van der Waals surface area contributed by atoms with Crippen LogP contribution in [-0.2, 0) is 9.53 Å². The molecule has 0 bridgehead atoms. The molecule has 0 aliphatic carbocycles. The summed E-state index contributed by atoms with van der Waals surface area (Å²) in [6, 6.07) is 0. The van der Waals surface area contributed by atoms with E-state index in [-0.39, 0.29) is 5.92 Å². The summed E-state index contributed by atoms with van der Waals surface area (Å²) in [5.74, 6) is -0.248. The summed E-state index contributed by atoms with van der Waals surface area (Å²) < 4.78 is 4.96. The highest BCUT2D eigenvalue weighted by Crippen LogP contribution is 2.21. The van der Waals surface area contributed by atoms with Gasteiger partial charge in [-0.1, -0.05) is 6.92 Å². The third-order valence-electron chi connectivity index (χ3n) is 1.61. The van der Waals surface area contributed by atoms with Crippen LogP contribution in [0.15, 0.2) is 0 Å². The molecule has 64 valence electrons. The Balaban J connectivity index is 2.05. The fourth-order valence-electron chi connectivity index (χ4n) is 0.662. The normalized spacial score (nSPS) is 20.8. The molecule has 0 aromatic heterocycles. The lowest BCUT2D eigenvalue weighted by molar-refractivity contribution is -0.140. The maximum absolute atomic E-state index is 10.4. The average Bonchev–Trinajstić information content (AvgIpc) is 1.83. The summed E-state index contributed by atoms with van der Waals surface area (Å²) in [5.41, 5.74) is 0. The number of aliphatic carboxylic acids is 1. The molecular weight excluding hydrogens is 164 g/mol. The molecule has 1 aliphatic rings. The maximum Gasteiger partial charge on any atom is 0.307 e. The number of hydrogen-bond donors (Lipinski definition) is 1. The van der Waals surface area contributed by atoms with Crippen LogP contribution in [0.1, 0.15) is 6.92 Å². The smallest absolute Gasteiger partial charge is 0.307 e. The molecule has 1 saturated heterocycles. The van der Waals surface area contributed by atoms with Crippen molar-refractivity contribution in [3.8, 4) is 0 Å². The molecule has 1 fully saturated rings. The van der Waals surface area contributed by atoms with Gasteiger partial charge in [-0.15, -0.1) is 0 Å². The van der Waals surface area contributed by atoms with Crippen molar-refractivity contribution in [2.75, 3.05) is 19.0 Å². The average molecular weight is 176 g/mol. The van der Waals surface area contributed by atoms with Crippen molar-refractivity contribution in [3.05, 3.63) is 0 Å². The standard InChI is InChI=1S/C7H12O3S/c1-5(7(8)9)4-11-6-2-10-3-6/h5-6H,2-4H2,1H3,(H,8,9). The predicted octanol–water partition coefficient (Wildman–Crippen LogP) is 0.839. The zero-order valence-electron chi connectivity index (χ0n) is 6.45. The molecule has 4 heteroatoms. The molecule has 1 rings (SSSR count). The highest BCUT2D eigenvalue weighted by molar-refractivity contribution is 8.00. The Morgan fingerprint density at radius 3 is 2.82 bits per heavy atom. The first-order valence-electron chi connectivity index (χ1n) is 3.62. The van der Waals surface area contributed by atoms with Gasteiger partial charge < -0.3 is 9.84 Å². The molecule has 3 nitrogen and oxygen atoms in total. The Bertz CT molecular complexity index is 145. The molecule has 0 radical (unpaired) electrons. The summed E-state index contributed by atoms with van der Waals surface area (Å²) in [6.07, 6.45) is 0. The quantitative estimate of drug-likeness (QED) is 0.689. The first-order valence-corrected chi connectivity index (χ1v) is 4.67. The van der Waals surface area contributed by atoms with Gasteiger partial charge in [0, 0.05) is 5.75 Å². The maximum atomic E-state index is 10.4. The minimum atomic E-state index is -0.710. The van der Waals surface area contributed by atoms with E-state index in [0.717, 1.165) is 13.2 Å². The van der Waals surface area contributed by atoms with Crippen LogP contribution in [-0.4, -0.2) is 35.3 Å². The molecule has 0 aromatic carbocycles. The van der Waals surface area contributed by atoms with E-state index in [1.54, 1.807) is 18.7 Å². The van der Waals surface area contributed by atoms with Gasteiger partial charge in [-0.3, -0.25) is 4.79 Å². The molecule has 1 heterocycles. The lowest BCUT2D eigenvalue weighted by Crippen LogP contribution is -2.31. The molecular formula is C7H12O3S. The van der Waals surface area contributed by atoms with Crippen LogP contribution in [0, 0.1) is 5.92 Å². The van der Waals surface area contributed by atoms with Crippen LogP contribution >= 0.6 is 11.8 Å². The fraction of sp³-hybridized carbons (Fsp3) is 0.857. The summed E-state index contributed by atoms with van der Waals surface area (Å²) in [6.45, 7) is 3.31. The van der Waals surface area contributed by atoms with Crippen LogP contribution < -0.4 is 0 Å². The number of rotatable bonds is 4. The Morgan fingerprint density at radius 1 is 1.82 bits per heavy atom. The van der Waals surface area contributed by atoms with E-state index >= 15 is 0 Å². The number of carboxylic acid groups (broad SMARTS) is 1. The van der Waals surface area contributed by atoms with Crippen LogP contribution in [0.4, 0.5) is 0 Å². The Morgan fingerprint density at radius 2 is 2.45 bits per heavy atom. The number of ether oxygens (including phenoxy) is 1. The number of carboxylic acids is 1. The van der Waals surface area contributed by atoms with Gasteiger partial charge in [0.25, 0.3) is 0 Å². The minimum absolute atomic E-state index is 0.236. The summed E-state index contributed by atoms with van der Waals surface area (Å²) in [7, 11) is 0. The van der Waals surface area contributed by atoms with Crippen LogP contribution in [0.3, 0.4) is 0 Å². The van der Waals surface area contributed by atoms with E-state index in [1.807, 2.05) is 0 Å². The third kappa shape index (κ3) is 2.71. The van der Waals surface area contributed by atoms with Crippen molar-refractivity contribution >= 4 is 17.7 Å². The summed E-state index contributed by atoms with van der Waals surface area (Å²) >= 11 is 1.69. The molecule has 1 unspecified atom stereocenters. The van der Waals surface area contributed by atoms with Crippen molar-refractivity contribution in [2.24, 2.45) is 5.92 Å². The van der Waals surface area contributed by atoms with Gasteiger partial charge in [-0.25, -0.2) is 0 Å². The van der Waals surface area contributed by atoms with Crippen LogP contribution in [0.5, 0.6) is 0 Å². The van der Waals surface area contributed by atoms with Gasteiger partial charge in [0.05, 0.1) is 24.4 Å². The van der Waals surface area contributed by atoms with Crippen molar-refractivity contribution in [1.29, 1.82) is 0 Å². The van der Waals surface area contributed by atoms with Gasteiger partial charge in [0.2, 0.25) is 0 Å². The van der Waals surface area contributed by atoms with Gasteiger partial charge in [-0.2, -0.15) is 11.8 Å². The zero-order valence-corrected chi connectivity index (χ0v) is 7.26. The lowest BCUT2D eigenvalue weighted by atomic mass is 10.2. The minimum Gasteiger partial charge on any atom is -0.481 e. The molecule has 1 N–H and O–H groups in total. The number of thioether (sulfide) groups is 1. The second-order valence-electron chi connectivity index (χ2n) is 2.73. The molecule has 0 spiro atoms. The molecule has 0 aromatic rings. The number of carbonyl (C=O) groups is 1. The summed E-state index contributed by atoms with van der Waals surface area (Å²) in [4.78, 5) is 10.4. The van der Waals surface area contributed by atoms with E-state index in [9.17, 15) is 4.79 Å². The van der Waals surface area contributed by atoms with Gasteiger partial charge in [0.15, 0.2) is 0 Å². The predicted molar refractivity (Wildman–Crippen MR) is 43.9 cm³/mol. The molecule has 1 atom stereocenters. The van der Waals surface area contributed by atoms with Gasteiger partial charge >= 0.3 is 5.97 Å². The van der Waals surface area contributed by atoms with E-state index < -0.39 is 5.97 Å². The first-order chi connectivity index (χ1) is 5.20. The second kappa shape index (κ2) is 3.97. The van der Waals surface area contributed by atoms with E-state index in [4.69, 9.17) is 9.84 Å². The SMILES string of the molecule is CC(CSC1COC1)C(=O)O. The highest BCUT2D eigenvalue weighted by atomic mass is 32.2.